The van der Waals surface area contributed by atoms with Crippen molar-refractivity contribution in [2.75, 3.05) is 5.32 Å². The van der Waals surface area contributed by atoms with Gasteiger partial charge in [0, 0.05) is 36.2 Å². The SMILES string of the molecule is O=C(CCCc1nc2ccccc2c(=O)[nH]1)Nc1nc(-c2cccnc2)cs1. The Morgan fingerprint density at radius 2 is 2.04 bits per heavy atom. The van der Waals surface area contributed by atoms with Gasteiger partial charge in [-0.3, -0.25) is 14.6 Å². The van der Waals surface area contributed by atoms with Gasteiger partial charge in [0.05, 0.1) is 16.6 Å². The van der Waals surface area contributed by atoms with Gasteiger partial charge in [-0.15, -0.1) is 11.3 Å². The number of aromatic nitrogens is 4. The highest BCUT2D eigenvalue weighted by Crippen LogP contribution is 2.24. The van der Waals surface area contributed by atoms with Crippen molar-refractivity contribution in [1.29, 1.82) is 0 Å². The van der Waals surface area contributed by atoms with Crippen molar-refractivity contribution >= 4 is 33.3 Å². The molecule has 0 atom stereocenters. The van der Waals surface area contributed by atoms with Gasteiger partial charge in [-0.25, -0.2) is 9.97 Å². The number of rotatable bonds is 6. The first kappa shape index (κ1) is 18.0. The van der Waals surface area contributed by atoms with Gasteiger partial charge in [-0.2, -0.15) is 0 Å². The summed E-state index contributed by atoms with van der Waals surface area (Å²) < 4.78 is 0. The molecule has 28 heavy (non-hydrogen) atoms. The third-order valence-corrected chi connectivity index (χ3v) is 4.94. The number of carbonyl (C=O) groups is 1. The summed E-state index contributed by atoms with van der Waals surface area (Å²) >= 11 is 1.38. The minimum atomic E-state index is -0.157. The molecule has 140 valence electrons. The van der Waals surface area contributed by atoms with Gasteiger partial charge in [-0.1, -0.05) is 12.1 Å². The fourth-order valence-electron chi connectivity index (χ4n) is 2.83. The first-order valence-corrected chi connectivity index (χ1v) is 9.71. The number of pyridine rings is 1. The Labute approximate surface area is 164 Å². The summed E-state index contributed by atoms with van der Waals surface area (Å²) in [7, 11) is 0. The van der Waals surface area contributed by atoms with E-state index >= 15 is 0 Å². The number of aromatic amines is 1. The van der Waals surface area contributed by atoms with Crippen LogP contribution >= 0.6 is 11.3 Å². The van der Waals surface area contributed by atoms with E-state index < -0.39 is 0 Å². The van der Waals surface area contributed by atoms with E-state index in [2.05, 4.69) is 25.3 Å². The molecule has 0 saturated heterocycles. The first-order valence-electron chi connectivity index (χ1n) is 8.83. The quantitative estimate of drug-likeness (QED) is 0.525. The van der Waals surface area contributed by atoms with Crippen LogP contribution in [0.3, 0.4) is 0 Å². The van der Waals surface area contributed by atoms with Gasteiger partial charge in [0.25, 0.3) is 5.56 Å². The van der Waals surface area contributed by atoms with Crippen LogP contribution in [0.15, 0.2) is 59.0 Å². The second-order valence-corrected chi connectivity index (χ2v) is 7.07. The molecule has 3 heterocycles. The molecule has 4 rings (SSSR count). The Morgan fingerprint density at radius 1 is 1.14 bits per heavy atom. The molecule has 4 aromatic rings. The van der Waals surface area contributed by atoms with E-state index in [1.54, 1.807) is 18.5 Å². The molecule has 0 aliphatic heterocycles. The number of carbonyl (C=O) groups excluding carboxylic acids is 1. The van der Waals surface area contributed by atoms with E-state index in [9.17, 15) is 9.59 Å². The number of anilines is 1. The van der Waals surface area contributed by atoms with E-state index in [-0.39, 0.29) is 11.5 Å². The standard InChI is InChI=1S/C20H17N5O2S/c26-18(25-20-23-16(12-28-20)13-5-4-10-21-11-13)9-3-8-17-22-15-7-2-1-6-14(15)19(27)24-17/h1-2,4-7,10-12H,3,8-9H2,(H,22,24,27)(H,23,25,26). The maximum absolute atomic E-state index is 12.2. The summed E-state index contributed by atoms with van der Waals surface area (Å²) in [4.78, 5) is 40.0. The molecule has 3 aromatic heterocycles. The first-order chi connectivity index (χ1) is 13.7. The van der Waals surface area contributed by atoms with E-state index in [1.807, 2.05) is 35.7 Å². The third-order valence-electron chi connectivity index (χ3n) is 4.19. The van der Waals surface area contributed by atoms with Crippen molar-refractivity contribution in [3.8, 4) is 11.3 Å². The zero-order valence-corrected chi connectivity index (χ0v) is 15.7. The normalized spacial score (nSPS) is 10.9. The largest absolute Gasteiger partial charge is 0.310 e. The zero-order valence-electron chi connectivity index (χ0n) is 14.9. The van der Waals surface area contributed by atoms with Gasteiger partial charge >= 0.3 is 0 Å². The second kappa shape index (κ2) is 8.10. The number of benzene rings is 1. The summed E-state index contributed by atoms with van der Waals surface area (Å²) in [5.41, 5.74) is 2.20. The Kier molecular flexibility index (Phi) is 5.20. The Balaban J connectivity index is 1.33. The molecule has 0 spiro atoms. The lowest BCUT2D eigenvalue weighted by atomic mass is 10.2. The monoisotopic (exact) mass is 391 g/mol. The van der Waals surface area contributed by atoms with Crippen LogP contribution in [0.5, 0.6) is 0 Å². The van der Waals surface area contributed by atoms with Gasteiger partial charge in [0.1, 0.15) is 5.82 Å². The van der Waals surface area contributed by atoms with E-state index in [0.29, 0.717) is 41.1 Å². The zero-order chi connectivity index (χ0) is 19.3. The Morgan fingerprint density at radius 3 is 2.89 bits per heavy atom. The minimum Gasteiger partial charge on any atom is -0.310 e. The molecule has 0 radical (unpaired) electrons. The van der Waals surface area contributed by atoms with Crippen molar-refractivity contribution in [3.05, 3.63) is 70.4 Å². The molecular formula is C20H17N5O2S. The lowest BCUT2D eigenvalue weighted by Gasteiger charge is -2.04. The molecular weight excluding hydrogens is 374 g/mol. The third kappa shape index (κ3) is 4.12. The van der Waals surface area contributed by atoms with Gasteiger partial charge in [-0.05, 0) is 30.7 Å². The smallest absolute Gasteiger partial charge is 0.258 e. The number of hydrogen-bond donors (Lipinski definition) is 2. The van der Waals surface area contributed by atoms with Crippen LogP contribution < -0.4 is 10.9 Å². The fourth-order valence-corrected chi connectivity index (χ4v) is 3.57. The van der Waals surface area contributed by atoms with Gasteiger partial charge < -0.3 is 10.3 Å². The summed E-state index contributed by atoms with van der Waals surface area (Å²) in [5.74, 6) is 0.472. The lowest BCUT2D eigenvalue weighted by Crippen LogP contribution is -2.14. The molecule has 2 N–H and O–H groups in total. The number of hydrogen-bond acceptors (Lipinski definition) is 6. The average Bonchev–Trinajstić information content (AvgIpc) is 3.17. The Hall–Kier alpha value is -3.39. The summed E-state index contributed by atoms with van der Waals surface area (Å²) in [6.45, 7) is 0. The lowest BCUT2D eigenvalue weighted by molar-refractivity contribution is -0.116. The number of nitrogens with zero attached hydrogens (tertiary/aromatic N) is 3. The van der Waals surface area contributed by atoms with Crippen LogP contribution in [0, 0.1) is 0 Å². The van der Waals surface area contributed by atoms with Crippen LogP contribution in [0.1, 0.15) is 18.7 Å². The number of amides is 1. The van der Waals surface area contributed by atoms with Crippen molar-refractivity contribution < 1.29 is 4.79 Å². The highest BCUT2D eigenvalue weighted by Gasteiger charge is 2.09. The Bertz CT molecular complexity index is 1170. The average molecular weight is 391 g/mol. The van der Waals surface area contributed by atoms with Crippen molar-refractivity contribution in [1.82, 2.24) is 19.9 Å². The highest BCUT2D eigenvalue weighted by molar-refractivity contribution is 7.14. The van der Waals surface area contributed by atoms with Crippen LogP contribution in [-0.4, -0.2) is 25.8 Å². The van der Waals surface area contributed by atoms with Gasteiger partial charge in [0.2, 0.25) is 5.91 Å². The van der Waals surface area contributed by atoms with Crippen LogP contribution in [0.4, 0.5) is 5.13 Å². The minimum absolute atomic E-state index is 0.116. The van der Waals surface area contributed by atoms with Gasteiger partial charge in [0.15, 0.2) is 5.13 Å². The van der Waals surface area contributed by atoms with Crippen LogP contribution in [0.25, 0.3) is 22.2 Å². The molecule has 1 aromatic carbocycles. The summed E-state index contributed by atoms with van der Waals surface area (Å²) in [6, 6.07) is 11.0. The number of fused-ring (bicyclic) bond motifs is 1. The topological polar surface area (TPSA) is 101 Å². The fraction of sp³-hybridized carbons (Fsp3) is 0.150. The van der Waals surface area contributed by atoms with E-state index in [1.165, 1.54) is 11.3 Å². The van der Waals surface area contributed by atoms with Crippen molar-refractivity contribution in [2.45, 2.75) is 19.3 Å². The molecule has 7 nitrogen and oxygen atoms in total. The summed E-state index contributed by atoms with van der Waals surface area (Å²) in [6.07, 6.45) is 4.85. The molecule has 0 aliphatic carbocycles. The molecule has 1 amide bonds. The number of para-hydroxylation sites is 1. The summed E-state index contributed by atoms with van der Waals surface area (Å²) in [5, 5.41) is 5.82. The number of aryl methyl sites for hydroxylation is 1. The van der Waals surface area contributed by atoms with E-state index in [0.717, 1.165) is 11.3 Å². The molecule has 0 unspecified atom stereocenters. The van der Waals surface area contributed by atoms with E-state index in [4.69, 9.17) is 0 Å². The highest BCUT2D eigenvalue weighted by atomic mass is 32.1. The molecule has 0 bridgehead atoms. The van der Waals surface area contributed by atoms with Crippen molar-refractivity contribution in [3.63, 3.8) is 0 Å². The van der Waals surface area contributed by atoms with Crippen molar-refractivity contribution in [2.24, 2.45) is 0 Å². The molecule has 0 saturated carbocycles. The molecule has 0 aliphatic rings. The number of thiazole rings is 1. The number of H-pyrrole nitrogens is 1. The maximum Gasteiger partial charge on any atom is 0.258 e. The maximum atomic E-state index is 12.2. The van der Waals surface area contributed by atoms with Crippen LogP contribution in [-0.2, 0) is 11.2 Å². The van der Waals surface area contributed by atoms with Crippen LogP contribution in [0.2, 0.25) is 0 Å². The molecule has 8 heteroatoms. The predicted molar refractivity (Wildman–Crippen MR) is 109 cm³/mol. The number of nitrogens with one attached hydrogen (secondary N) is 2. The predicted octanol–water partition coefficient (Wildman–Crippen LogP) is 3.40. The second-order valence-electron chi connectivity index (χ2n) is 6.21. The molecule has 0 fully saturated rings.